The lowest BCUT2D eigenvalue weighted by Gasteiger charge is -2.33. The lowest BCUT2D eigenvalue weighted by Crippen LogP contribution is -2.42. The fourth-order valence-electron chi connectivity index (χ4n) is 3.67. The normalized spacial score (nSPS) is 19.1. The molecule has 0 saturated carbocycles. The van der Waals surface area contributed by atoms with Crippen LogP contribution in [-0.2, 0) is 9.53 Å². The molecule has 1 amide bonds. The maximum absolute atomic E-state index is 12.4. The zero-order valence-electron chi connectivity index (χ0n) is 14.7. The highest BCUT2D eigenvalue weighted by atomic mass is 79.9. The first kappa shape index (κ1) is 17.7. The van der Waals surface area contributed by atoms with Crippen LogP contribution >= 0.6 is 15.9 Å². The lowest BCUT2D eigenvalue weighted by molar-refractivity contribution is -0.136. The molecule has 0 atom stereocenters. The maximum atomic E-state index is 12.4. The zero-order chi connectivity index (χ0) is 17.9. The number of morpholine rings is 1. The molecule has 2 aliphatic rings. The molecule has 1 aromatic heterocycles. The number of carbonyl (C=O) groups is 1. The largest absolute Gasteiger partial charge is 0.378 e. The number of hydrogen-bond donors (Lipinski definition) is 0. The third-order valence-electron chi connectivity index (χ3n) is 5.25. The number of benzene rings is 1. The molecule has 2 aliphatic heterocycles. The van der Waals surface area contributed by atoms with Crippen molar-refractivity contribution in [1.82, 2.24) is 14.9 Å². The van der Waals surface area contributed by atoms with Crippen LogP contribution < -0.4 is 4.90 Å². The van der Waals surface area contributed by atoms with E-state index in [0.717, 1.165) is 60.3 Å². The van der Waals surface area contributed by atoms with Gasteiger partial charge in [0.25, 0.3) is 0 Å². The van der Waals surface area contributed by atoms with Crippen molar-refractivity contribution in [3.63, 3.8) is 0 Å². The van der Waals surface area contributed by atoms with Gasteiger partial charge in [-0.15, -0.1) is 0 Å². The van der Waals surface area contributed by atoms with E-state index in [1.807, 2.05) is 29.3 Å². The third-order valence-corrected chi connectivity index (χ3v) is 5.75. The maximum Gasteiger partial charge on any atom is 0.225 e. The van der Waals surface area contributed by atoms with E-state index in [9.17, 15) is 4.79 Å². The molecule has 0 N–H and O–H groups in total. The van der Waals surface area contributed by atoms with Crippen LogP contribution in [0, 0.1) is 5.92 Å². The molecule has 6 nitrogen and oxygen atoms in total. The van der Waals surface area contributed by atoms with Crippen LogP contribution in [0.3, 0.4) is 0 Å². The highest BCUT2D eigenvalue weighted by molar-refractivity contribution is 9.10. The topological polar surface area (TPSA) is 58.6 Å². The standard InChI is InChI=1S/C19H23BrN4O2/c20-16-1-2-17-15(12-16)13-21-19(22-17)24-5-3-14(4-6-24)11-18(25)23-7-9-26-10-8-23/h1-2,12-14H,3-11H2. The molecule has 1 aromatic carbocycles. The Labute approximate surface area is 161 Å². The van der Waals surface area contributed by atoms with Gasteiger partial charge < -0.3 is 14.5 Å². The number of fused-ring (bicyclic) bond motifs is 1. The number of carbonyl (C=O) groups excluding carboxylic acids is 1. The van der Waals surface area contributed by atoms with Crippen molar-refractivity contribution in [1.29, 1.82) is 0 Å². The van der Waals surface area contributed by atoms with E-state index in [4.69, 9.17) is 9.72 Å². The Hall–Kier alpha value is -1.73. The Morgan fingerprint density at radius 2 is 1.96 bits per heavy atom. The summed E-state index contributed by atoms with van der Waals surface area (Å²) < 4.78 is 6.36. The van der Waals surface area contributed by atoms with E-state index in [0.29, 0.717) is 25.6 Å². The Balaban J connectivity index is 1.34. The Kier molecular flexibility index (Phi) is 5.36. The minimum absolute atomic E-state index is 0.277. The van der Waals surface area contributed by atoms with Gasteiger partial charge in [0.15, 0.2) is 0 Å². The number of amides is 1. The molecule has 0 unspecified atom stereocenters. The fraction of sp³-hybridized carbons (Fsp3) is 0.526. The molecule has 26 heavy (non-hydrogen) atoms. The van der Waals surface area contributed by atoms with Crippen LogP contribution in [0.15, 0.2) is 28.9 Å². The molecular weight excluding hydrogens is 396 g/mol. The first-order valence-electron chi connectivity index (χ1n) is 9.22. The fourth-order valence-corrected chi connectivity index (χ4v) is 4.05. The van der Waals surface area contributed by atoms with Gasteiger partial charge in [0.2, 0.25) is 11.9 Å². The molecular formula is C19H23BrN4O2. The van der Waals surface area contributed by atoms with Gasteiger partial charge in [-0.3, -0.25) is 4.79 Å². The number of anilines is 1. The number of rotatable bonds is 3. The van der Waals surface area contributed by atoms with Gasteiger partial charge in [-0.25, -0.2) is 9.97 Å². The van der Waals surface area contributed by atoms with Crippen LogP contribution in [0.25, 0.3) is 10.9 Å². The van der Waals surface area contributed by atoms with E-state index in [1.165, 1.54) is 0 Å². The summed E-state index contributed by atoms with van der Waals surface area (Å²) in [5, 5.41) is 1.04. The molecule has 0 bridgehead atoms. The van der Waals surface area contributed by atoms with Crippen LogP contribution in [0.1, 0.15) is 19.3 Å². The van der Waals surface area contributed by atoms with E-state index in [1.54, 1.807) is 0 Å². The lowest BCUT2D eigenvalue weighted by atomic mass is 9.93. The zero-order valence-corrected chi connectivity index (χ0v) is 16.3. The van der Waals surface area contributed by atoms with Gasteiger partial charge in [0, 0.05) is 48.7 Å². The number of piperidine rings is 1. The van der Waals surface area contributed by atoms with Crippen molar-refractivity contribution in [3.8, 4) is 0 Å². The Morgan fingerprint density at radius 1 is 1.19 bits per heavy atom. The summed E-state index contributed by atoms with van der Waals surface area (Å²) in [7, 11) is 0. The van der Waals surface area contributed by atoms with Crippen molar-refractivity contribution >= 4 is 38.7 Å². The van der Waals surface area contributed by atoms with Crippen molar-refractivity contribution in [2.24, 2.45) is 5.92 Å². The van der Waals surface area contributed by atoms with Gasteiger partial charge in [-0.1, -0.05) is 15.9 Å². The molecule has 3 heterocycles. The molecule has 2 fully saturated rings. The predicted molar refractivity (Wildman–Crippen MR) is 104 cm³/mol. The molecule has 0 radical (unpaired) electrons. The highest BCUT2D eigenvalue weighted by Crippen LogP contribution is 2.25. The number of ether oxygens (including phenoxy) is 1. The van der Waals surface area contributed by atoms with Crippen LogP contribution in [0.5, 0.6) is 0 Å². The Morgan fingerprint density at radius 3 is 2.73 bits per heavy atom. The quantitative estimate of drug-likeness (QED) is 0.766. The van der Waals surface area contributed by atoms with Crippen LogP contribution in [0.4, 0.5) is 5.95 Å². The minimum atomic E-state index is 0.277. The monoisotopic (exact) mass is 418 g/mol. The second-order valence-electron chi connectivity index (χ2n) is 7.00. The average molecular weight is 419 g/mol. The van der Waals surface area contributed by atoms with Crippen molar-refractivity contribution in [2.75, 3.05) is 44.3 Å². The highest BCUT2D eigenvalue weighted by Gasteiger charge is 2.25. The first-order chi connectivity index (χ1) is 12.7. The first-order valence-corrected chi connectivity index (χ1v) is 10.0. The van der Waals surface area contributed by atoms with Gasteiger partial charge in [0.1, 0.15) is 0 Å². The Bertz CT molecular complexity index is 786. The number of hydrogen-bond acceptors (Lipinski definition) is 5. The molecule has 0 aliphatic carbocycles. The van der Waals surface area contributed by atoms with Crippen molar-refractivity contribution in [3.05, 3.63) is 28.9 Å². The summed E-state index contributed by atoms with van der Waals surface area (Å²) in [6.45, 7) is 4.61. The third kappa shape index (κ3) is 3.99. The molecule has 7 heteroatoms. The smallest absolute Gasteiger partial charge is 0.225 e. The van der Waals surface area contributed by atoms with Gasteiger partial charge >= 0.3 is 0 Å². The van der Waals surface area contributed by atoms with E-state index in [-0.39, 0.29) is 5.91 Å². The minimum Gasteiger partial charge on any atom is -0.378 e. The second-order valence-corrected chi connectivity index (χ2v) is 7.92. The van der Waals surface area contributed by atoms with Gasteiger partial charge in [-0.2, -0.15) is 0 Å². The summed E-state index contributed by atoms with van der Waals surface area (Å²) in [5.41, 5.74) is 0.961. The molecule has 2 saturated heterocycles. The summed E-state index contributed by atoms with van der Waals surface area (Å²) in [6.07, 6.45) is 4.56. The molecule has 0 spiro atoms. The number of aromatic nitrogens is 2. The summed E-state index contributed by atoms with van der Waals surface area (Å²) in [5.74, 6) is 1.52. The average Bonchev–Trinajstić information content (AvgIpc) is 2.69. The molecule has 2 aromatic rings. The summed E-state index contributed by atoms with van der Waals surface area (Å²) in [4.78, 5) is 25.8. The molecule has 4 rings (SSSR count). The van der Waals surface area contributed by atoms with Crippen molar-refractivity contribution in [2.45, 2.75) is 19.3 Å². The summed E-state index contributed by atoms with van der Waals surface area (Å²) in [6, 6.07) is 6.05. The van der Waals surface area contributed by atoms with E-state index >= 15 is 0 Å². The number of halogens is 1. The molecule has 138 valence electrons. The van der Waals surface area contributed by atoms with Crippen LogP contribution in [0.2, 0.25) is 0 Å². The number of nitrogens with zero attached hydrogens (tertiary/aromatic N) is 4. The van der Waals surface area contributed by atoms with Gasteiger partial charge in [0.05, 0.1) is 18.7 Å². The predicted octanol–water partition coefficient (Wildman–Crippen LogP) is 2.86. The van der Waals surface area contributed by atoms with E-state index < -0.39 is 0 Å². The van der Waals surface area contributed by atoms with Crippen molar-refractivity contribution < 1.29 is 9.53 Å². The van der Waals surface area contributed by atoms with E-state index in [2.05, 4.69) is 25.8 Å². The van der Waals surface area contributed by atoms with Gasteiger partial charge in [-0.05, 0) is 37.0 Å². The van der Waals surface area contributed by atoms with Crippen LogP contribution in [-0.4, -0.2) is 60.2 Å². The second kappa shape index (κ2) is 7.88. The SMILES string of the molecule is O=C(CC1CCN(c2ncc3cc(Br)ccc3n2)CC1)N1CCOCC1. The summed E-state index contributed by atoms with van der Waals surface area (Å²) >= 11 is 3.48.